The van der Waals surface area contributed by atoms with Crippen molar-refractivity contribution in [3.8, 4) is 11.5 Å². The second kappa shape index (κ2) is 7.40. The standard InChI is InChI=1S/C19H25N5O4/c1-26-15-10-13-14(11-16(15)27-2)21-18(22-17(13)20)23-5-7-24(8-6-23)19(12-25)4-3-9-28-19/h10-12H,3-9H2,1-2H3,(H2,20,21,22). The van der Waals surface area contributed by atoms with Crippen LogP contribution in [-0.4, -0.2) is 73.9 Å². The average Bonchev–Trinajstić information content (AvgIpc) is 3.23. The van der Waals surface area contributed by atoms with E-state index in [0.29, 0.717) is 61.6 Å². The SMILES string of the molecule is COc1cc2nc(N3CCN(C4(C=O)CCCO4)CC3)nc(N)c2cc1OC. The predicted molar refractivity (Wildman–Crippen MR) is 105 cm³/mol. The van der Waals surface area contributed by atoms with Crippen LogP contribution in [0.1, 0.15) is 12.8 Å². The first-order chi connectivity index (χ1) is 13.6. The molecule has 2 saturated heterocycles. The first-order valence-electron chi connectivity index (χ1n) is 9.40. The third-order valence-electron chi connectivity index (χ3n) is 5.53. The number of piperazine rings is 1. The molecule has 2 aliphatic heterocycles. The van der Waals surface area contributed by atoms with E-state index in [9.17, 15) is 4.79 Å². The molecule has 0 aliphatic carbocycles. The lowest BCUT2D eigenvalue weighted by atomic mass is 10.1. The number of methoxy groups -OCH3 is 2. The van der Waals surface area contributed by atoms with Gasteiger partial charge in [-0.2, -0.15) is 4.98 Å². The lowest BCUT2D eigenvalue weighted by Gasteiger charge is -2.42. The van der Waals surface area contributed by atoms with Gasteiger partial charge in [-0.25, -0.2) is 4.98 Å². The number of hydrogen-bond donors (Lipinski definition) is 1. The van der Waals surface area contributed by atoms with E-state index in [2.05, 4.69) is 19.8 Å². The fourth-order valence-corrected chi connectivity index (χ4v) is 3.96. The molecule has 4 rings (SSSR count). The number of aldehydes is 1. The molecule has 0 amide bonds. The number of nitrogens with zero attached hydrogens (tertiary/aromatic N) is 4. The lowest BCUT2D eigenvalue weighted by Crippen LogP contribution is -2.58. The molecule has 0 radical (unpaired) electrons. The van der Waals surface area contributed by atoms with Gasteiger partial charge in [-0.1, -0.05) is 0 Å². The van der Waals surface area contributed by atoms with Crippen molar-refractivity contribution < 1.29 is 19.0 Å². The highest BCUT2D eigenvalue weighted by atomic mass is 16.5. The van der Waals surface area contributed by atoms with Gasteiger partial charge >= 0.3 is 0 Å². The number of ether oxygens (including phenoxy) is 3. The van der Waals surface area contributed by atoms with Crippen LogP contribution in [0.5, 0.6) is 11.5 Å². The van der Waals surface area contributed by atoms with Crippen molar-refractivity contribution in [1.82, 2.24) is 14.9 Å². The quantitative estimate of drug-likeness (QED) is 0.754. The molecule has 3 heterocycles. The summed E-state index contributed by atoms with van der Waals surface area (Å²) in [6.45, 7) is 3.42. The highest BCUT2D eigenvalue weighted by Gasteiger charge is 2.42. The van der Waals surface area contributed by atoms with E-state index in [1.807, 2.05) is 0 Å². The number of nitrogen functional groups attached to an aromatic ring is 1. The van der Waals surface area contributed by atoms with E-state index in [-0.39, 0.29) is 0 Å². The number of nitrogens with two attached hydrogens (primary N) is 1. The normalized spacial score (nSPS) is 23.1. The van der Waals surface area contributed by atoms with E-state index >= 15 is 0 Å². The molecule has 2 aliphatic rings. The summed E-state index contributed by atoms with van der Waals surface area (Å²) < 4.78 is 16.5. The zero-order valence-electron chi connectivity index (χ0n) is 16.2. The molecular weight excluding hydrogens is 362 g/mol. The largest absolute Gasteiger partial charge is 0.493 e. The van der Waals surface area contributed by atoms with E-state index in [0.717, 1.165) is 24.5 Å². The smallest absolute Gasteiger partial charge is 0.227 e. The van der Waals surface area contributed by atoms with Gasteiger partial charge in [0.25, 0.3) is 0 Å². The number of aromatic nitrogens is 2. The van der Waals surface area contributed by atoms with Crippen molar-refractivity contribution in [2.24, 2.45) is 0 Å². The Morgan fingerprint density at radius 3 is 2.46 bits per heavy atom. The molecule has 2 N–H and O–H groups in total. The third-order valence-corrected chi connectivity index (χ3v) is 5.53. The van der Waals surface area contributed by atoms with E-state index in [4.69, 9.17) is 19.9 Å². The second-order valence-corrected chi connectivity index (χ2v) is 7.02. The molecule has 1 atom stereocenters. The minimum absolute atomic E-state index is 0.395. The van der Waals surface area contributed by atoms with Gasteiger partial charge in [0.05, 0.1) is 19.7 Å². The molecule has 0 bridgehead atoms. The maximum absolute atomic E-state index is 11.6. The average molecular weight is 387 g/mol. The highest BCUT2D eigenvalue weighted by molar-refractivity contribution is 5.91. The third kappa shape index (κ3) is 3.10. The first kappa shape index (κ1) is 18.7. The molecule has 2 aromatic rings. The number of carbonyl (C=O) groups is 1. The topological polar surface area (TPSA) is 103 Å². The van der Waals surface area contributed by atoms with Crippen molar-refractivity contribution in [3.05, 3.63) is 12.1 Å². The van der Waals surface area contributed by atoms with Gasteiger partial charge < -0.3 is 24.8 Å². The molecule has 2 fully saturated rings. The number of fused-ring (bicyclic) bond motifs is 1. The number of carbonyl (C=O) groups excluding carboxylic acids is 1. The van der Waals surface area contributed by atoms with Gasteiger partial charge in [-0.3, -0.25) is 9.69 Å². The van der Waals surface area contributed by atoms with E-state index in [1.54, 1.807) is 26.4 Å². The van der Waals surface area contributed by atoms with Crippen molar-refractivity contribution in [3.63, 3.8) is 0 Å². The molecule has 1 unspecified atom stereocenters. The van der Waals surface area contributed by atoms with Crippen molar-refractivity contribution in [1.29, 1.82) is 0 Å². The summed E-state index contributed by atoms with van der Waals surface area (Å²) in [5.41, 5.74) is 6.13. The number of benzene rings is 1. The fourth-order valence-electron chi connectivity index (χ4n) is 3.96. The minimum atomic E-state index is -0.765. The Kier molecular flexibility index (Phi) is 4.94. The summed E-state index contributed by atoms with van der Waals surface area (Å²) in [5.74, 6) is 2.15. The Morgan fingerprint density at radius 1 is 1.14 bits per heavy atom. The van der Waals surface area contributed by atoms with Crippen LogP contribution in [0.15, 0.2) is 12.1 Å². The fraction of sp³-hybridized carbons (Fsp3) is 0.526. The van der Waals surface area contributed by atoms with Crippen LogP contribution in [0.3, 0.4) is 0 Å². The molecule has 28 heavy (non-hydrogen) atoms. The van der Waals surface area contributed by atoms with Gasteiger partial charge in [0, 0.05) is 44.2 Å². The molecular formula is C19H25N5O4. The molecule has 0 saturated carbocycles. The van der Waals surface area contributed by atoms with Crippen LogP contribution in [0, 0.1) is 0 Å². The Labute approximate surface area is 163 Å². The van der Waals surface area contributed by atoms with Gasteiger partial charge in [0.1, 0.15) is 5.82 Å². The maximum atomic E-state index is 11.6. The number of rotatable bonds is 5. The Morgan fingerprint density at radius 2 is 1.86 bits per heavy atom. The zero-order chi connectivity index (χ0) is 19.7. The number of anilines is 2. The Hall–Kier alpha value is -2.65. The first-order valence-corrected chi connectivity index (χ1v) is 9.40. The van der Waals surface area contributed by atoms with Crippen LogP contribution in [0.25, 0.3) is 10.9 Å². The minimum Gasteiger partial charge on any atom is -0.493 e. The van der Waals surface area contributed by atoms with Gasteiger partial charge in [-0.15, -0.1) is 0 Å². The molecule has 9 heteroatoms. The van der Waals surface area contributed by atoms with Crippen LogP contribution in [0.4, 0.5) is 11.8 Å². The number of hydrogen-bond acceptors (Lipinski definition) is 9. The lowest BCUT2D eigenvalue weighted by molar-refractivity contribution is -0.152. The summed E-state index contributed by atoms with van der Waals surface area (Å²) in [6, 6.07) is 3.59. The summed E-state index contributed by atoms with van der Waals surface area (Å²) in [7, 11) is 3.16. The van der Waals surface area contributed by atoms with Crippen molar-refractivity contribution in [2.75, 3.05) is 57.6 Å². The maximum Gasteiger partial charge on any atom is 0.227 e. The molecule has 9 nitrogen and oxygen atoms in total. The molecule has 150 valence electrons. The summed E-state index contributed by atoms with van der Waals surface area (Å²) in [5, 5.41) is 0.722. The second-order valence-electron chi connectivity index (χ2n) is 7.02. The van der Waals surface area contributed by atoms with Crippen molar-refractivity contribution in [2.45, 2.75) is 18.6 Å². The van der Waals surface area contributed by atoms with Crippen LogP contribution >= 0.6 is 0 Å². The van der Waals surface area contributed by atoms with E-state index in [1.165, 1.54) is 0 Å². The van der Waals surface area contributed by atoms with Gasteiger partial charge in [0.2, 0.25) is 5.95 Å². The van der Waals surface area contributed by atoms with Gasteiger partial charge in [-0.05, 0) is 18.9 Å². The molecule has 0 spiro atoms. The van der Waals surface area contributed by atoms with Gasteiger partial charge in [0.15, 0.2) is 23.5 Å². The van der Waals surface area contributed by atoms with E-state index < -0.39 is 5.72 Å². The van der Waals surface area contributed by atoms with Crippen LogP contribution in [0.2, 0.25) is 0 Å². The highest BCUT2D eigenvalue weighted by Crippen LogP contribution is 2.34. The Bertz CT molecular complexity index is 876. The zero-order valence-corrected chi connectivity index (χ0v) is 16.2. The summed E-state index contributed by atoms with van der Waals surface area (Å²) >= 11 is 0. The molecule has 1 aromatic heterocycles. The van der Waals surface area contributed by atoms with Crippen molar-refractivity contribution >= 4 is 29.0 Å². The predicted octanol–water partition coefficient (Wildman–Crippen LogP) is 1.06. The molecule has 1 aromatic carbocycles. The van der Waals surface area contributed by atoms with Crippen LogP contribution in [-0.2, 0) is 9.53 Å². The van der Waals surface area contributed by atoms with Crippen LogP contribution < -0.4 is 20.1 Å². The Balaban J connectivity index is 1.57. The summed E-state index contributed by atoms with van der Waals surface area (Å²) in [6.07, 6.45) is 2.60. The monoisotopic (exact) mass is 387 g/mol. The summed E-state index contributed by atoms with van der Waals surface area (Å²) in [4.78, 5) is 25.0.